The van der Waals surface area contributed by atoms with Gasteiger partial charge in [-0.25, -0.2) is 8.42 Å². The van der Waals surface area contributed by atoms with Crippen molar-refractivity contribution in [1.82, 2.24) is 4.31 Å². The first-order valence-electron chi connectivity index (χ1n) is 7.84. The van der Waals surface area contributed by atoms with Gasteiger partial charge in [-0.3, -0.25) is 4.79 Å². The van der Waals surface area contributed by atoms with Gasteiger partial charge in [-0.2, -0.15) is 4.31 Å². The number of aryl methyl sites for hydroxylation is 1. The lowest BCUT2D eigenvalue weighted by molar-refractivity contribution is -0.114. The van der Waals surface area contributed by atoms with Crippen LogP contribution in [0.15, 0.2) is 45.7 Å². The zero-order chi connectivity index (χ0) is 17.3. The Labute approximate surface area is 141 Å². The molecule has 1 saturated heterocycles. The third-order valence-corrected chi connectivity index (χ3v) is 6.00. The number of hydrogen-bond donors (Lipinski definition) is 1. The predicted molar refractivity (Wildman–Crippen MR) is 90.1 cm³/mol. The lowest BCUT2D eigenvalue weighted by atomic mass is 10.2. The summed E-state index contributed by atoms with van der Waals surface area (Å²) < 4.78 is 33.0. The number of nitrogens with zero attached hydrogens (tertiary/aromatic N) is 1. The Morgan fingerprint density at radius 1 is 1.21 bits per heavy atom. The lowest BCUT2D eigenvalue weighted by Gasteiger charge is -2.22. The number of hydrogen-bond acceptors (Lipinski definition) is 4. The minimum atomic E-state index is -3.61. The van der Waals surface area contributed by atoms with Gasteiger partial charge in [-0.15, -0.1) is 0 Å². The highest BCUT2D eigenvalue weighted by molar-refractivity contribution is 7.89. The summed E-state index contributed by atoms with van der Waals surface area (Å²) in [5, 5.41) is 2.63. The van der Waals surface area contributed by atoms with Crippen LogP contribution in [-0.4, -0.2) is 25.2 Å². The van der Waals surface area contributed by atoms with E-state index in [4.69, 9.17) is 4.42 Å². The summed E-state index contributed by atoms with van der Waals surface area (Å²) in [4.78, 5) is 11.3. The van der Waals surface area contributed by atoms with E-state index in [-0.39, 0.29) is 16.8 Å². The van der Waals surface area contributed by atoms with Crippen molar-refractivity contribution in [2.45, 2.75) is 37.6 Å². The highest BCUT2D eigenvalue weighted by Gasteiger charge is 2.37. The van der Waals surface area contributed by atoms with Crippen LogP contribution < -0.4 is 5.32 Å². The van der Waals surface area contributed by atoms with Gasteiger partial charge in [0.2, 0.25) is 15.9 Å². The highest BCUT2D eigenvalue weighted by atomic mass is 32.2. The zero-order valence-corrected chi connectivity index (χ0v) is 14.5. The van der Waals surface area contributed by atoms with E-state index < -0.39 is 10.0 Å². The van der Waals surface area contributed by atoms with Gasteiger partial charge in [0.05, 0.1) is 10.9 Å². The van der Waals surface area contributed by atoms with Gasteiger partial charge in [0.15, 0.2) is 0 Å². The summed E-state index contributed by atoms with van der Waals surface area (Å²) in [6.45, 7) is 3.73. The Balaban J connectivity index is 1.87. The van der Waals surface area contributed by atoms with Crippen molar-refractivity contribution in [2.24, 2.45) is 0 Å². The minimum absolute atomic E-state index is 0.196. The maximum absolute atomic E-state index is 13.0. The Hall–Kier alpha value is -2.12. The average Bonchev–Trinajstić information content (AvgIpc) is 3.15. The molecule has 2 heterocycles. The third kappa shape index (κ3) is 3.22. The molecule has 7 heteroatoms. The lowest BCUT2D eigenvalue weighted by Crippen LogP contribution is -2.30. The molecule has 3 rings (SSSR count). The van der Waals surface area contributed by atoms with E-state index in [1.807, 2.05) is 19.1 Å². The van der Waals surface area contributed by atoms with Crippen molar-refractivity contribution >= 4 is 21.6 Å². The Morgan fingerprint density at radius 3 is 2.50 bits per heavy atom. The molecule has 0 aliphatic carbocycles. The number of carbonyl (C=O) groups excluding carboxylic acids is 1. The molecule has 1 aromatic heterocycles. The molecular weight excluding hydrogens is 328 g/mol. The Morgan fingerprint density at radius 2 is 1.92 bits per heavy atom. The predicted octanol–water partition coefficient (Wildman–Crippen LogP) is 3.07. The molecule has 1 atom stereocenters. The van der Waals surface area contributed by atoms with Crippen molar-refractivity contribution in [1.29, 1.82) is 0 Å². The average molecular weight is 348 g/mol. The van der Waals surface area contributed by atoms with Crippen molar-refractivity contribution in [2.75, 3.05) is 11.9 Å². The summed E-state index contributed by atoms with van der Waals surface area (Å²) in [6.07, 6.45) is 1.55. The number of benzene rings is 1. The van der Waals surface area contributed by atoms with Gasteiger partial charge in [0.25, 0.3) is 0 Å². The fraction of sp³-hybridized carbons (Fsp3) is 0.353. The smallest absolute Gasteiger partial charge is 0.243 e. The molecule has 1 fully saturated rings. The first kappa shape index (κ1) is 16.7. The van der Waals surface area contributed by atoms with Crippen LogP contribution in [0.3, 0.4) is 0 Å². The van der Waals surface area contributed by atoms with Gasteiger partial charge in [-0.05, 0) is 56.2 Å². The molecule has 1 aliphatic heterocycles. The maximum Gasteiger partial charge on any atom is 0.243 e. The van der Waals surface area contributed by atoms with Crippen LogP contribution >= 0.6 is 0 Å². The number of furan rings is 1. The molecule has 1 aromatic carbocycles. The van der Waals surface area contributed by atoms with Gasteiger partial charge in [-0.1, -0.05) is 0 Å². The quantitative estimate of drug-likeness (QED) is 0.921. The molecule has 1 aliphatic rings. The van der Waals surface area contributed by atoms with Crippen LogP contribution in [0.4, 0.5) is 5.69 Å². The topological polar surface area (TPSA) is 79.6 Å². The van der Waals surface area contributed by atoms with Crippen LogP contribution in [0.1, 0.15) is 37.3 Å². The molecule has 0 spiro atoms. The summed E-state index contributed by atoms with van der Waals surface area (Å²) in [5.41, 5.74) is 0.570. The summed E-state index contributed by atoms with van der Waals surface area (Å²) >= 11 is 0. The number of nitrogens with one attached hydrogen (secondary N) is 1. The van der Waals surface area contributed by atoms with Crippen LogP contribution in [0.2, 0.25) is 0 Å². The Kier molecular flexibility index (Phi) is 4.47. The van der Waals surface area contributed by atoms with Crippen LogP contribution in [0.5, 0.6) is 0 Å². The molecular formula is C17H20N2O4S. The molecule has 0 bridgehead atoms. The second-order valence-electron chi connectivity index (χ2n) is 5.93. The maximum atomic E-state index is 13.0. The Bertz CT molecular complexity index is 840. The van der Waals surface area contributed by atoms with Crippen molar-refractivity contribution < 1.29 is 17.6 Å². The van der Waals surface area contributed by atoms with Gasteiger partial charge in [0, 0.05) is 19.2 Å². The minimum Gasteiger partial charge on any atom is -0.465 e. The van der Waals surface area contributed by atoms with E-state index in [0.717, 1.165) is 18.6 Å². The summed E-state index contributed by atoms with van der Waals surface area (Å²) in [6, 6.07) is 9.65. The molecule has 0 saturated carbocycles. The number of anilines is 1. The van der Waals surface area contributed by atoms with E-state index in [9.17, 15) is 13.2 Å². The molecule has 6 nitrogen and oxygen atoms in total. The van der Waals surface area contributed by atoms with E-state index >= 15 is 0 Å². The fourth-order valence-corrected chi connectivity index (χ4v) is 4.66. The molecule has 24 heavy (non-hydrogen) atoms. The van der Waals surface area contributed by atoms with Gasteiger partial charge in [0.1, 0.15) is 11.5 Å². The SMILES string of the molecule is CC(=O)Nc1ccc(S(=O)(=O)N2CCCC2c2ccc(C)o2)cc1. The first-order chi connectivity index (χ1) is 11.4. The standard InChI is InChI=1S/C17H20N2O4S/c1-12-5-10-17(23-12)16-4-3-11-19(16)24(21,22)15-8-6-14(7-9-15)18-13(2)20/h5-10,16H,3-4,11H2,1-2H3,(H,18,20). The van der Waals surface area contributed by atoms with Crippen LogP contribution in [0.25, 0.3) is 0 Å². The van der Waals surface area contributed by atoms with Crippen molar-refractivity contribution in [3.05, 3.63) is 47.9 Å². The van der Waals surface area contributed by atoms with E-state index in [0.29, 0.717) is 18.0 Å². The highest BCUT2D eigenvalue weighted by Crippen LogP contribution is 2.37. The zero-order valence-electron chi connectivity index (χ0n) is 13.7. The number of sulfonamides is 1. The van der Waals surface area contributed by atoms with Gasteiger partial charge < -0.3 is 9.73 Å². The number of rotatable bonds is 4. The summed E-state index contributed by atoms with van der Waals surface area (Å²) in [7, 11) is -3.61. The number of carbonyl (C=O) groups is 1. The van der Waals surface area contributed by atoms with Crippen LogP contribution in [-0.2, 0) is 14.8 Å². The third-order valence-electron chi connectivity index (χ3n) is 4.07. The van der Waals surface area contributed by atoms with Crippen molar-refractivity contribution in [3.63, 3.8) is 0 Å². The van der Waals surface area contributed by atoms with E-state index in [2.05, 4.69) is 5.32 Å². The monoisotopic (exact) mass is 348 g/mol. The first-order valence-corrected chi connectivity index (χ1v) is 9.28. The fourth-order valence-electron chi connectivity index (χ4n) is 2.99. The van der Waals surface area contributed by atoms with E-state index in [1.54, 1.807) is 12.1 Å². The van der Waals surface area contributed by atoms with Crippen LogP contribution in [0, 0.1) is 6.92 Å². The second kappa shape index (κ2) is 6.41. The normalized spacial score (nSPS) is 18.7. The molecule has 1 amide bonds. The summed E-state index contributed by atoms with van der Waals surface area (Å²) in [5.74, 6) is 1.26. The second-order valence-corrected chi connectivity index (χ2v) is 7.82. The largest absolute Gasteiger partial charge is 0.465 e. The van der Waals surface area contributed by atoms with E-state index in [1.165, 1.54) is 23.4 Å². The molecule has 2 aromatic rings. The molecule has 128 valence electrons. The molecule has 0 radical (unpaired) electrons. The molecule has 1 N–H and O–H groups in total. The van der Waals surface area contributed by atoms with Gasteiger partial charge >= 0.3 is 0 Å². The van der Waals surface area contributed by atoms with Crippen molar-refractivity contribution in [3.8, 4) is 0 Å². The molecule has 1 unspecified atom stereocenters. The number of amides is 1.